The smallest absolute Gasteiger partial charge is 0.416 e. The molecule has 11 heteroatoms. The number of methoxy groups -OCH3 is 1. The summed E-state index contributed by atoms with van der Waals surface area (Å²) in [6, 6.07) is 15.8. The summed E-state index contributed by atoms with van der Waals surface area (Å²) in [6.07, 6.45) is -3.25. The van der Waals surface area contributed by atoms with Crippen molar-refractivity contribution >= 4 is 27.8 Å². The average Bonchev–Trinajstić information content (AvgIpc) is 2.79. The van der Waals surface area contributed by atoms with Gasteiger partial charge in [-0.1, -0.05) is 24.3 Å². The van der Waals surface area contributed by atoms with Gasteiger partial charge in [-0.05, 0) is 48.5 Å². The molecule has 0 aliphatic heterocycles. The monoisotopic (exact) mass is 477 g/mol. The molecule has 0 spiro atoms. The fourth-order valence-corrected chi connectivity index (χ4v) is 3.87. The first kappa shape index (κ1) is 23.8. The van der Waals surface area contributed by atoms with Gasteiger partial charge in [0, 0.05) is 16.8 Å². The number of ether oxygens (including phenoxy) is 1. The Kier molecular flexibility index (Phi) is 7.02. The van der Waals surface area contributed by atoms with Crippen LogP contribution in [0.5, 0.6) is 5.75 Å². The Bertz CT molecular complexity index is 1290. The van der Waals surface area contributed by atoms with E-state index in [1.807, 2.05) is 0 Å². The van der Waals surface area contributed by atoms with E-state index in [4.69, 9.17) is 4.74 Å². The number of benzene rings is 3. The Labute approximate surface area is 188 Å². The van der Waals surface area contributed by atoms with Crippen LogP contribution in [0.2, 0.25) is 0 Å². The molecule has 0 heterocycles. The number of hydrogen-bond donors (Lipinski definition) is 2. The average molecular weight is 477 g/mol. The van der Waals surface area contributed by atoms with Gasteiger partial charge < -0.3 is 4.74 Å². The van der Waals surface area contributed by atoms with Gasteiger partial charge in [0.1, 0.15) is 5.75 Å². The first-order chi connectivity index (χ1) is 15.6. The fraction of sp³-hybridized carbons (Fsp3) is 0.0909. The molecule has 1 amide bonds. The van der Waals surface area contributed by atoms with Crippen LogP contribution in [0.15, 0.2) is 82.8 Å². The zero-order valence-electron chi connectivity index (χ0n) is 17.1. The second-order valence-corrected chi connectivity index (χ2v) is 8.34. The number of halogens is 3. The number of amides is 1. The fourth-order valence-electron chi connectivity index (χ4n) is 2.78. The molecule has 7 nitrogen and oxygen atoms in total. The molecule has 33 heavy (non-hydrogen) atoms. The van der Waals surface area contributed by atoms with E-state index in [9.17, 15) is 26.4 Å². The lowest BCUT2D eigenvalue weighted by molar-refractivity contribution is -0.137. The Hall–Kier alpha value is -3.86. The second-order valence-electron chi connectivity index (χ2n) is 6.65. The van der Waals surface area contributed by atoms with Crippen molar-refractivity contribution in [2.24, 2.45) is 5.10 Å². The molecule has 0 atom stereocenters. The van der Waals surface area contributed by atoms with Gasteiger partial charge in [0.05, 0.1) is 23.8 Å². The van der Waals surface area contributed by atoms with Crippen LogP contribution < -0.4 is 14.9 Å². The number of carbonyl (C=O) groups is 1. The van der Waals surface area contributed by atoms with Crippen LogP contribution in [0.4, 0.5) is 18.9 Å². The lowest BCUT2D eigenvalue weighted by Crippen LogP contribution is -2.19. The summed E-state index contributed by atoms with van der Waals surface area (Å²) in [5.74, 6) is -0.137. The molecule has 3 aromatic carbocycles. The summed E-state index contributed by atoms with van der Waals surface area (Å²) in [5, 5.41) is 3.84. The Morgan fingerprint density at radius 3 is 2.45 bits per heavy atom. The topological polar surface area (TPSA) is 96.9 Å². The molecule has 2 N–H and O–H groups in total. The van der Waals surface area contributed by atoms with Crippen molar-refractivity contribution in [2.75, 3.05) is 11.8 Å². The second kappa shape index (κ2) is 9.74. The SMILES string of the molecule is COc1ccccc1/C=N/NC(=O)c1cccc(S(=O)(=O)Nc2cccc(C(F)(F)F)c2)c1. The van der Waals surface area contributed by atoms with E-state index in [-0.39, 0.29) is 16.1 Å². The summed E-state index contributed by atoms with van der Waals surface area (Å²) in [7, 11) is -2.77. The van der Waals surface area contributed by atoms with Crippen molar-refractivity contribution in [3.05, 3.63) is 89.5 Å². The van der Waals surface area contributed by atoms with E-state index in [0.717, 1.165) is 18.2 Å². The predicted molar refractivity (Wildman–Crippen MR) is 117 cm³/mol. The minimum Gasteiger partial charge on any atom is -0.496 e. The third kappa shape index (κ3) is 6.10. The molecule has 0 bridgehead atoms. The van der Waals surface area contributed by atoms with Gasteiger partial charge in [0.15, 0.2) is 0 Å². The summed E-state index contributed by atoms with van der Waals surface area (Å²) in [4.78, 5) is 12.1. The number of hydrogen-bond acceptors (Lipinski definition) is 5. The van der Waals surface area contributed by atoms with Gasteiger partial charge in [-0.15, -0.1) is 0 Å². The number of nitrogens with zero attached hydrogens (tertiary/aromatic N) is 1. The number of para-hydroxylation sites is 1. The number of carbonyl (C=O) groups excluding carboxylic acids is 1. The third-order valence-corrected chi connectivity index (χ3v) is 5.74. The molecule has 0 saturated carbocycles. The van der Waals surface area contributed by atoms with Gasteiger partial charge in [0.25, 0.3) is 15.9 Å². The number of nitrogens with one attached hydrogen (secondary N) is 2. The molecule has 0 aliphatic carbocycles. The van der Waals surface area contributed by atoms with Crippen molar-refractivity contribution in [1.29, 1.82) is 0 Å². The van der Waals surface area contributed by atoms with E-state index >= 15 is 0 Å². The van der Waals surface area contributed by atoms with Crippen LogP contribution in [0.25, 0.3) is 0 Å². The maximum Gasteiger partial charge on any atom is 0.416 e. The van der Waals surface area contributed by atoms with Crippen molar-refractivity contribution < 1.29 is 31.1 Å². The summed E-state index contributed by atoms with van der Waals surface area (Å²) >= 11 is 0. The molecule has 172 valence electrons. The maximum absolute atomic E-state index is 12.9. The van der Waals surface area contributed by atoms with E-state index in [1.54, 1.807) is 24.3 Å². The van der Waals surface area contributed by atoms with Crippen molar-refractivity contribution in [2.45, 2.75) is 11.1 Å². The van der Waals surface area contributed by atoms with Gasteiger partial charge in [-0.2, -0.15) is 18.3 Å². The molecule has 3 rings (SSSR count). The standard InChI is InChI=1S/C22H18F3N3O4S/c1-32-20-11-3-2-6-16(20)14-26-27-21(29)15-7-4-10-19(12-15)33(30,31)28-18-9-5-8-17(13-18)22(23,24)25/h2-14,28H,1H3,(H,27,29)/b26-14+. The highest BCUT2D eigenvalue weighted by molar-refractivity contribution is 7.92. The first-order valence-corrected chi connectivity index (χ1v) is 10.8. The van der Waals surface area contributed by atoms with E-state index in [1.165, 1.54) is 37.6 Å². The molecule has 0 aromatic heterocycles. The molecule has 0 radical (unpaired) electrons. The van der Waals surface area contributed by atoms with Crippen LogP contribution in [0.1, 0.15) is 21.5 Å². The molecule has 0 unspecified atom stereocenters. The number of anilines is 1. The van der Waals surface area contributed by atoms with E-state index in [0.29, 0.717) is 17.4 Å². The molecule has 0 saturated heterocycles. The molecular weight excluding hydrogens is 459 g/mol. The quantitative estimate of drug-likeness (QED) is 0.392. The maximum atomic E-state index is 12.9. The van der Waals surface area contributed by atoms with Crippen LogP contribution in [-0.4, -0.2) is 27.6 Å². The first-order valence-electron chi connectivity index (χ1n) is 9.37. The Balaban J connectivity index is 1.75. The van der Waals surface area contributed by atoms with Crippen LogP contribution in [-0.2, 0) is 16.2 Å². The Morgan fingerprint density at radius 1 is 1.00 bits per heavy atom. The van der Waals surface area contributed by atoms with Crippen LogP contribution in [0, 0.1) is 0 Å². The number of rotatable bonds is 7. The van der Waals surface area contributed by atoms with Gasteiger partial charge in [0.2, 0.25) is 0 Å². The number of hydrazone groups is 1. The summed E-state index contributed by atoms with van der Waals surface area (Å²) in [6.45, 7) is 0. The zero-order valence-corrected chi connectivity index (χ0v) is 17.9. The highest BCUT2D eigenvalue weighted by Gasteiger charge is 2.30. The molecular formula is C22H18F3N3O4S. The predicted octanol–water partition coefficient (Wildman–Crippen LogP) is 4.28. The lowest BCUT2D eigenvalue weighted by Gasteiger charge is -2.12. The van der Waals surface area contributed by atoms with Gasteiger partial charge >= 0.3 is 6.18 Å². The largest absolute Gasteiger partial charge is 0.496 e. The van der Waals surface area contributed by atoms with Gasteiger partial charge in [-0.25, -0.2) is 13.8 Å². The highest BCUT2D eigenvalue weighted by Crippen LogP contribution is 2.31. The molecule has 0 aliphatic rings. The van der Waals surface area contributed by atoms with E-state index < -0.39 is 27.7 Å². The zero-order chi connectivity index (χ0) is 24.1. The Morgan fingerprint density at radius 2 is 1.73 bits per heavy atom. The van der Waals surface area contributed by atoms with Crippen LogP contribution in [0.3, 0.4) is 0 Å². The highest BCUT2D eigenvalue weighted by atomic mass is 32.2. The summed E-state index contributed by atoms with van der Waals surface area (Å²) in [5.41, 5.74) is 1.62. The van der Waals surface area contributed by atoms with Gasteiger partial charge in [-0.3, -0.25) is 9.52 Å². The molecule has 0 fully saturated rings. The van der Waals surface area contributed by atoms with Crippen molar-refractivity contribution in [3.63, 3.8) is 0 Å². The van der Waals surface area contributed by atoms with Crippen LogP contribution >= 0.6 is 0 Å². The summed E-state index contributed by atoms with van der Waals surface area (Å²) < 4.78 is 71.2. The minimum atomic E-state index is -4.62. The number of sulfonamides is 1. The lowest BCUT2D eigenvalue weighted by atomic mass is 10.2. The van der Waals surface area contributed by atoms with E-state index in [2.05, 4.69) is 15.2 Å². The third-order valence-electron chi connectivity index (χ3n) is 4.36. The normalized spacial score (nSPS) is 11.9. The number of alkyl halides is 3. The molecule has 3 aromatic rings. The van der Waals surface area contributed by atoms with Crippen molar-refractivity contribution in [1.82, 2.24) is 5.43 Å². The van der Waals surface area contributed by atoms with Crippen molar-refractivity contribution in [3.8, 4) is 5.75 Å². The minimum absolute atomic E-state index is 0.0147.